The quantitative estimate of drug-likeness (QED) is 0.441. The van der Waals surface area contributed by atoms with Gasteiger partial charge >= 0.3 is 0 Å². The Morgan fingerprint density at radius 2 is 2.10 bits per heavy atom. The summed E-state index contributed by atoms with van der Waals surface area (Å²) < 4.78 is 5.27. The van der Waals surface area contributed by atoms with Gasteiger partial charge in [-0.15, -0.1) is 0 Å². The first-order valence-corrected chi connectivity index (χ1v) is 10.2. The van der Waals surface area contributed by atoms with Crippen molar-refractivity contribution in [3.8, 4) is 23.1 Å². The van der Waals surface area contributed by atoms with Gasteiger partial charge in [-0.1, -0.05) is 30.0 Å². The summed E-state index contributed by atoms with van der Waals surface area (Å²) in [6.07, 6.45) is 1.86. The molecule has 0 unspecified atom stereocenters. The second-order valence-electron chi connectivity index (χ2n) is 6.51. The molecule has 0 fully saturated rings. The summed E-state index contributed by atoms with van der Waals surface area (Å²) in [6, 6.07) is 20.9. The molecule has 0 bridgehead atoms. The number of benzene rings is 2. The van der Waals surface area contributed by atoms with E-state index in [4.69, 9.17) is 4.74 Å². The van der Waals surface area contributed by atoms with Gasteiger partial charge in [-0.25, -0.2) is 4.98 Å². The molecule has 4 aromatic rings. The van der Waals surface area contributed by atoms with Gasteiger partial charge in [-0.3, -0.25) is 4.79 Å². The number of anilines is 1. The average Bonchev–Trinajstić information content (AvgIpc) is 3.25. The lowest BCUT2D eigenvalue weighted by atomic mass is 10.1. The number of amides is 1. The fourth-order valence-electron chi connectivity index (χ4n) is 3.04. The van der Waals surface area contributed by atoms with Crippen LogP contribution in [0.15, 0.2) is 71.9 Å². The van der Waals surface area contributed by atoms with E-state index in [0.717, 1.165) is 22.2 Å². The van der Waals surface area contributed by atoms with E-state index in [-0.39, 0.29) is 11.7 Å². The second-order valence-corrected chi connectivity index (χ2v) is 7.47. The SMILES string of the molecule is COc1cccc(-c2ccc(C#N)c(SCC(=O)Nc3ccc4cc[nH]c4c3)n2)c1. The zero-order chi connectivity index (χ0) is 20.9. The Morgan fingerprint density at radius 3 is 2.93 bits per heavy atom. The number of rotatable bonds is 6. The van der Waals surface area contributed by atoms with Crippen LogP contribution in [0, 0.1) is 11.3 Å². The van der Waals surface area contributed by atoms with E-state index in [1.54, 1.807) is 19.2 Å². The minimum Gasteiger partial charge on any atom is -0.497 e. The van der Waals surface area contributed by atoms with Crippen LogP contribution in [0.25, 0.3) is 22.2 Å². The zero-order valence-corrected chi connectivity index (χ0v) is 17.0. The minimum atomic E-state index is -0.164. The standard InChI is InChI=1S/C23H18N4O2S/c1-29-19-4-2-3-16(11-19)20-8-6-17(13-24)23(27-20)30-14-22(28)26-18-7-5-15-9-10-25-21(15)12-18/h2-12,25H,14H2,1H3,(H,26,28). The number of fused-ring (bicyclic) bond motifs is 1. The van der Waals surface area contributed by atoms with Crippen molar-refractivity contribution in [2.24, 2.45) is 0 Å². The predicted molar refractivity (Wildman–Crippen MR) is 119 cm³/mol. The Kier molecular flexibility index (Phi) is 5.68. The van der Waals surface area contributed by atoms with Gasteiger partial charge in [0.05, 0.1) is 24.1 Å². The van der Waals surface area contributed by atoms with Gasteiger partial charge in [-0.05, 0) is 47.9 Å². The molecule has 148 valence electrons. The summed E-state index contributed by atoms with van der Waals surface area (Å²) >= 11 is 1.24. The number of hydrogen-bond acceptors (Lipinski definition) is 5. The molecule has 30 heavy (non-hydrogen) atoms. The van der Waals surface area contributed by atoms with Gasteiger partial charge in [0.25, 0.3) is 0 Å². The first-order chi connectivity index (χ1) is 14.7. The molecule has 2 N–H and O–H groups in total. The second kappa shape index (κ2) is 8.72. The fraction of sp³-hybridized carbons (Fsp3) is 0.0870. The number of pyridine rings is 1. The fourth-order valence-corrected chi connectivity index (χ4v) is 3.81. The molecule has 2 heterocycles. The number of nitrogens with one attached hydrogen (secondary N) is 2. The monoisotopic (exact) mass is 414 g/mol. The molecule has 0 aliphatic rings. The minimum absolute atomic E-state index is 0.145. The molecule has 0 saturated heterocycles. The highest BCUT2D eigenvalue weighted by atomic mass is 32.2. The van der Waals surface area contributed by atoms with Crippen LogP contribution in [0.5, 0.6) is 5.75 Å². The molecule has 6 nitrogen and oxygen atoms in total. The smallest absolute Gasteiger partial charge is 0.234 e. The Morgan fingerprint density at radius 1 is 1.20 bits per heavy atom. The van der Waals surface area contributed by atoms with Crippen LogP contribution in [0.3, 0.4) is 0 Å². The summed E-state index contributed by atoms with van der Waals surface area (Å²) in [6.45, 7) is 0. The Balaban J connectivity index is 1.48. The molecule has 2 aromatic heterocycles. The first-order valence-electron chi connectivity index (χ1n) is 9.21. The highest BCUT2D eigenvalue weighted by Crippen LogP contribution is 2.27. The molecule has 7 heteroatoms. The highest BCUT2D eigenvalue weighted by molar-refractivity contribution is 8.00. The van der Waals surface area contributed by atoms with Gasteiger partial charge in [0, 0.05) is 23.0 Å². The number of ether oxygens (including phenoxy) is 1. The molecule has 1 amide bonds. The number of H-pyrrole nitrogens is 1. The van der Waals surface area contributed by atoms with E-state index in [0.29, 0.717) is 22.0 Å². The van der Waals surface area contributed by atoms with Crippen molar-refractivity contribution in [3.63, 3.8) is 0 Å². The van der Waals surface area contributed by atoms with E-state index < -0.39 is 0 Å². The summed E-state index contributed by atoms with van der Waals surface area (Å²) in [4.78, 5) is 20.2. The number of methoxy groups -OCH3 is 1. The third-order valence-electron chi connectivity index (χ3n) is 4.52. The summed E-state index contributed by atoms with van der Waals surface area (Å²) in [5.74, 6) is 0.709. The van der Waals surface area contributed by atoms with Crippen LogP contribution in [-0.4, -0.2) is 28.7 Å². The van der Waals surface area contributed by atoms with Crippen LogP contribution in [0.1, 0.15) is 5.56 Å². The van der Waals surface area contributed by atoms with Crippen molar-refractivity contribution < 1.29 is 9.53 Å². The van der Waals surface area contributed by atoms with E-state index in [1.807, 2.05) is 54.7 Å². The van der Waals surface area contributed by atoms with E-state index >= 15 is 0 Å². The van der Waals surface area contributed by atoms with Gasteiger partial charge in [0.1, 0.15) is 16.8 Å². The van der Waals surface area contributed by atoms with Gasteiger partial charge < -0.3 is 15.0 Å². The molecule has 2 aromatic carbocycles. The number of carbonyl (C=O) groups excluding carboxylic acids is 1. The van der Waals surface area contributed by atoms with Crippen molar-refractivity contribution in [3.05, 3.63) is 72.4 Å². The molecule has 0 radical (unpaired) electrons. The zero-order valence-electron chi connectivity index (χ0n) is 16.2. The van der Waals surface area contributed by atoms with Crippen molar-refractivity contribution in [2.45, 2.75) is 5.03 Å². The number of aromatic amines is 1. The molecular formula is C23H18N4O2S. The van der Waals surface area contributed by atoms with E-state index in [9.17, 15) is 10.1 Å². The van der Waals surface area contributed by atoms with Crippen molar-refractivity contribution >= 4 is 34.3 Å². The molecule has 0 saturated carbocycles. The predicted octanol–water partition coefficient (Wildman–Crippen LogP) is 4.84. The topological polar surface area (TPSA) is 90.8 Å². The van der Waals surface area contributed by atoms with Gasteiger partial charge in [0.2, 0.25) is 5.91 Å². The van der Waals surface area contributed by atoms with Crippen molar-refractivity contribution in [1.82, 2.24) is 9.97 Å². The number of aromatic nitrogens is 2. The first kappa shape index (κ1) is 19.6. The van der Waals surface area contributed by atoms with E-state index in [2.05, 4.69) is 21.4 Å². The lowest BCUT2D eigenvalue weighted by Gasteiger charge is -2.09. The molecule has 0 aliphatic heterocycles. The number of nitriles is 1. The maximum absolute atomic E-state index is 12.4. The van der Waals surface area contributed by atoms with Gasteiger partial charge in [0.15, 0.2) is 0 Å². The van der Waals surface area contributed by atoms with E-state index in [1.165, 1.54) is 11.8 Å². The van der Waals surface area contributed by atoms with Crippen LogP contribution < -0.4 is 10.1 Å². The molecular weight excluding hydrogens is 396 g/mol. The average molecular weight is 414 g/mol. The Labute approximate surface area is 177 Å². The molecule has 4 rings (SSSR count). The van der Waals surface area contributed by atoms with Crippen molar-refractivity contribution in [1.29, 1.82) is 5.26 Å². The number of hydrogen-bond donors (Lipinski definition) is 2. The van der Waals surface area contributed by atoms with Crippen LogP contribution in [0.4, 0.5) is 5.69 Å². The summed E-state index contributed by atoms with van der Waals surface area (Å²) in [5.41, 5.74) is 3.71. The summed E-state index contributed by atoms with van der Waals surface area (Å²) in [7, 11) is 1.61. The number of nitrogens with zero attached hydrogens (tertiary/aromatic N) is 2. The normalized spacial score (nSPS) is 10.5. The lowest BCUT2D eigenvalue weighted by Crippen LogP contribution is -2.14. The lowest BCUT2D eigenvalue weighted by molar-refractivity contribution is -0.113. The summed E-state index contributed by atoms with van der Waals surface area (Å²) in [5, 5.41) is 13.9. The third kappa shape index (κ3) is 4.29. The molecule has 0 spiro atoms. The Bertz CT molecular complexity index is 1260. The third-order valence-corrected chi connectivity index (χ3v) is 5.52. The maximum Gasteiger partial charge on any atom is 0.234 e. The molecule has 0 aliphatic carbocycles. The van der Waals surface area contributed by atoms with Crippen LogP contribution >= 0.6 is 11.8 Å². The highest BCUT2D eigenvalue weighted by Gasteiger charge is 2.12. The number of thioether (sulfide) groups is 1. The largest absolute Gasteiger partial charge is 0.497 e. The van der Waals surface area contributed by atoms with Crippen LogP contribution in [0.2, 0.25) is 0 Å². The van der Waals surface area contributed by atoms with Crippen LogP contribution in [-0.2, 0) is 4.79 Å². The molecule has 0 atom stereocenters. The maximum atomic E-state index is 12.4. The van der Waals surface area contributed by atoms with Gasteiger partial charge in [-0.2, -0.15) is 5.26 Å². The van der Waals surface area contributed by atoms with Crippen molar-refractivity contribution in [2.75, 3.05) is 18.2 Å². The number of carbonyl (C=O) groups is 1. The Hall–Kier alpha value is -3.76.